The van der Waals surface area contributed by atoms with Crippen LogP contribution in [0.2, 0.25) is 0 Å². The number of piperazine rings is 1. The van der Waals surface area contributed by atoms with Crippen LogP contribution in [0.25, 0.3) is 0 Å². The van der Waals surface area contributed by atoms with Crippen LogP contribution in [0.1, 0.15) is 28.4 Å². The van der Waals surface area contributed by atoms with Gasteiger partial charge in [-0.25, -0.2) is 0 Å². The summed E-state index contributed by atoms with van der Waals surface area (Å²) in [5, 5.41) is 0. The fourth-order valence-corrected chi connectivity index (χ4v) is 3.42. The molecule has 1 aliphatic rings. The van der Waals surface area contributed by atoms with Crippen molar-refractivity contribution in [3.05, 3.63) is 22.8 Å². The summed E-state index contributed by atoms with van der Waals surface area (Å²) < 4.78 is 26.4. The largest absolute Gasteiger partial charge is 0.469 e. The Morgan fingerprint density at radius 3 is 2.07 bits per heavy atom. The maximum atomic E-state index is 13.5. The minimum absolute atomic E-state index is 0.0279. The summed E-state index contributed by atoms with van der Waals surface area (Å²) in [7, 11) is 6.37. The molecule has 30 heavy (non-hydrogen) atoms. The van der Waals surface area contributed by atoms with Gasteiger partial charge in [0.15, 0.2) is 13.6 Å². The number of rotatable bonds is 10. The predicted molar refractivity (Wildman–Crippen MR) is 110 cm³/mol. The predicted octanol–water partition coefficient (Wildman–Crippen LogP) is 1.32. The lowest BCUT2D eigenvalue weighted by Gasteiger charge is -2.33. The van der Waals surface area contributed by atoms with Crippen molar-refractivity contribution in [3.8, 4) is 11.5 Å². The molecule has 0 saturated carbocycles. The van der Waals surface area contributed by atoms with E-state index in [-0.39, 0.29) is 25.9 Å². The first-order valence-corrected chi connectivity index (χ1v) is 9.93. The summed E-state index contributed by atoms with van der Waals surface area (Å²) in [6.45, 7) is 4.68. The van der Waals surface area contributed by atoms with Crippen molar-refractivity contribution in [3.63, 3.8) is 0 Å². The highest BCUT2D eigenvalue weighted by Crippen LogP contribution is 2.36. The zero-order valence-electron chi connectivity index (χ0n) is 18.5. The molecule has 0 atom stereocenters. The molecule has 1 aromatic carbocycles. The first-order valence-electron chi connectivity index (χ1n) is 9.93. The standard InChI is InChI=1S/C21H32N2O7/c1-6-15-16(11-19(24)28-5)20(21(25)23-9-7-22(2)8-10-23)18(30-14-27-4)12-17(15)29-13-26-3/h12H,6-11,13-14H2,1-5H3. The van der Waals surface area contributed by atoms with E-state index in [1.165, 1.54) is 21.3 Å². The lowest BCUT2D eigenvalue weighted by Crippen LogP contribution is -2.47. The van der Waals surface area contributed by atoms with Crippen molar-refractivity contribution in [2.45, 2.75) is 19.8 Å². The van der Waals surface area contributed by atoms with Crippen LogP contribution in [0.15, 0.2) is 6.07 Å². The molecule has 0 radical (unpaired) electrons. The van der Waals surface area contributed by atoms with Crippen LogP contribution in [0.3, 0.4) is 0 Å². The SMILES string of the molecule is CCc1c(OCOC)cc(OCOC)c(C(=O)N2CCN(C)CC2)c1CC(=O)OC. The number of nitrogens with zero attached hydrogens (tertiary/aromatic N) is 2. The summed E-state index contributed by atoms with van der Waals surface area (Å²) in [6, 6.07) is 1.67. The quantitative estimate of drug-likeness (QED) is 0.411. The van der Waals surface area contributed by atoms with Crippen molar-refractivity contribution < 1.29 is 33.3 Å². The summed E-state index contributed by atoms with van der Waals surface area (Å²) in [5.41, 5.74) is 1.65. The molecule has 1 saturated heterocycles. The van der Waals surface area contributed by atoms with Gasteiger partial charge < -0.3 is 33.5 Å². The smallest absolute Gasteiger partial charge is 0.310 e. The second-order valence-electron chi connectivity index (χ2n) is 7.01. The van der Waals surface area contributed by atoms with Gasteiger partial charge in [-0.2, -0.15) is 0 Å². The molecule has 0 unspecified atom stereocenters. The van der Waals surface area contributed by atoms with Gasteiger partial charge in [0.1, 0.15) is 11.5 Å². The fourth-order valence-electron chi connectivity index (χ4n) is 3.42. The number of hydrogen-bond acceptors (Lipinski definition) is 8. The van der Waals surface area contributed by atoms with Crippen LogP contribution < -0.4 is 9.47 Å². The average molecular weight is 424 g/mol. The van der Waals surface area contributed by atoms with Gasteiger partial charge in [-0.3, -0.25) is 9.59 Å². The van der Waals surface area contributed by atoms with Gasteiger partial charge in [-0.1, -0.05) is 6.92 Å². The highest BCUT2D eigenvalue weighted by atomic mass is 16.7. The highest BCUT2D eigenvalue weighted by Gasteiger charge is 2.30. The van der Waals surface area contributed by atoms with Gasteiger partial charge in [0.2, 0.25) is 0 Å². The molecule has 1 amide bonds. The van der Waals surface area contributed by atoms with E-state index in [0.29, 0.717) is 42.1 Å². The van der Waals surface area contributed by atoms with E-state index in [4.69, 9.17) is 23.7 Å². The van der Waals surface area contributed by atoms with Gasteiger partial charge in [-0.15, -0.1) is 0 Å². The Hall–Kier alpha value is -2.36. The highest BCUT2D eigenvalue weighted by molar-refractivity contribution is 6.00. The number of benzene rings is 1. The lowest BCUT2D eigenvalue weighted by molar-refractivity contribution is -0.139. The summed E-state index contributed by atoms with van der Waals surface area (Å²) in [4.78, 5) is 29.7. The first kappa shape index (κ1) is 23.9. The summed E-state index contributed by atoms with van der Waals surface area (Å²) >= 11 is 0. The zero-order chi connectivity index (χ0) is 22.1. The average Bonchev–Trinajstić information content (AvgIpc) is 2.75. The molecule has 0 aliphatic carbocycles. The van der Waals surface area contributed by atoms with E-state index in [1.54, 1.807) is 11.0 Å². The second-order valence-corrected chi connectivity index (χ2v) is 7.01. The van der Waals surface area contributed by atoms with Crippen molar-refractivity contribution >= 4 is 11.9 Å². The molecule has 1 aromatic rings. The molecule has 0 spiro atoms. The lowest BCUT2D eigenvalue weighted by atomic mass is 9.93. The fraction of sp³-hybridized carbons (Fsp3) is 0.619. The molecule has 1 heterocycles. The maximum absolute atomic E-state index is 13.5. The van der Waals surface area contributed by atoms with Crippen LogP contribution in [0.5, 0.6) is 11.5 Å². The Labute approximate surface area is 177 Å². The monoisotopic (exact) mass is 424 g/mol. The van der Waals surface area contributed by atoms with E-state index >= 15 is 0 Å². The number of likely N-dealkylation sites (N-methyl/N-ethyl adjacent to an activating group) is 1. The van der Waals surface area contributed by atoms with Crippen LogP contribution in [0, 0.1) is 0 Å². The molecule has 2 rings (SSSR count). The minimum atomic E-state index is -0.446. The zero-order valence-corrected chi connectivity index (χ0v) is 18.5. The van der Waals surface area contributed by atoms with Crippen LogP contribution >= 0.6 is 0 Å². The van der Waals surface area contributed by atoms with Gasteiger partial charge >= 0.3 is 5.97 Å². The topological polar surface area (TPSA) is 86.8 Å². The van der Waals surface area contributed by atoms with Gasteiger partial charge in [0, 0.05) is 46.5 Å². The van der Waals surface area contributed by atoms with Gasteiger partial charge in [-0.05, 0) is 24.6 Å². The Morgan fingerprint density at radius 1 is 0.933 bits per heavy atom. The van der Waals surface area contributed by atoms with E-state index < -0.39 is 5.97 Å². The molecule has 9 heteroatoms. The number of methoxy groups -OCH3 is 3. The number of amides is 1. The maximum Gasteiger partial charge on any atom is 0.310 e. The van der Waals surface area contributed by atoms with Crippen LogP contribution in [0.4, 0.5) is 0 Å². The molecule has 0 bridgehead atoms. The molecular weight excluding hydrogens is 392 g/mol. The number of carbonyl (C=O) groups excluding carboxylic acids is 2. The van der Waals surface area contributed by atoms with Crippen LogP contribution in [-0.2, 0) is 31.8 Å². The molecule has 0 aromatic heterocycles. The first-order chi connectivity index (χ1) is 14.5. The molecule has 0 N–H and O–H groups in total. The molecule has 1 fully saturated rings. The second kappa shape index (κ2) is 11.7. The number of ether oxygens (including phenoxy) is 5. The van der Waals surface area contributed by atoms with Crippen LogP contribution in [-0.4, -0.2) is 89.8 Å². The summed E-state index contributed by atoms with van der Waals surface area (Å²) in [6.07, 6.45) is 0.487. The Morgan fingerprint density at radius 2 is 1.53 bits per heavy atom. The number of carbonyl (C=O) groups is 2. The molecule has 1 aliphatic heterocycles. The Kier molecular flexibility index (Phi) is 9.35. The van der Waals surface area contributed by atoms with Crippen molar-refractivity contribution in [1.29, 1.82) is 0 Å². The molecular formula is C21H32N2O7. The Bertz CT molecular complexity index is 731. The number of hydrogen-bond donors (Lipinski definition) is 0. The van der Waals surface area contributed by atoms with Gasteiger partial charge in [0.25, 0.3) is 5.91 Å². The third kappa shape index (κ3) is 5.84. The van der Waals surface area contributed by atoms with Gasteiger partial charge in [0.05, 0.1) is 19.1 Å². The minimum Gasteiger partial charge on any atom is -0.469 e. The third-order valence-corrected chi connectivity index (χ3v) is 5.04. The molecule has 9 nitrogen and oxygen atoms in total. The van der Waals surface area contributed by atoms with E-state index in [0.717, 1.165) is 18.7 Å². The van der Waals surface area contributed by atoms with Crippen molar-refractivity contribution in [2.24, 2.45) is 0 Å². The number of esters is 1. The summed E-state index contributed by atoms with van der Waals surface area (Å²) in [5.74, 6) is 0.182. The van der Waals surface area contributed by atoms with E-state index in [1.807, 2.05) is 14.0 Å². The normalized spacial score (nSPS) is 14.5. The van der Waals surface area contributed by atoms with E-state index in [2.05, 4.69) is 4.90 Å². The van der Waals surface area contributed by atoms with Crippen molar-refractivity contribution in [2.75, 3.05) is 68.1 Å². The van der Waals surface area contributed by atoms with Crippen molar-refractivity contribution in [1.82, 2.24) is 9.80 Å². The van der Waals surface area contributed by atoms with E-state index in [9.17, 15) is 9.59 Å². The Balaban J connectivity index is 2.60. The molecule has 168 valence electrons. The third-order valence-electron chi connectivity index (χ3n) is 5.04.